The summed E-state index contributed by atoms with van der Waals surface area (Å²) in [4.78, 5) is 9.72. The van der Waals surface area contributed by atoms with E-state index in [0.29, 0.717) is 24.2 Å². The number of fused-ring (bicyclic) bond motifs is 1. The molecule has 4 atom stereocenters. The average Bonchev–Trinajstić information content (AvgIpc) is 3.22. The van der Waals surface area contributed by atoms with E-state index in [1.54, 1.807) is 0 Å². The van der Waals surface area contributed by atoms with Gasteiger partial charge in [0, 0.05) is 43.9 Å². The molecule has 4 rings (SSSR count). The Morgan fingerprint density at radius 2 is 2.09 bits per heavy atom. The zero-order valence-electron chi connectivity index (χ0n) is 19.4. The Morgan fingerprint density at radius 1 is 1.25 bits per heavy atom. The van der Waals surface area contributed by atoms with Crippen LogP contribution in [-0.2, 0) is 0 Å². The van der Waals surface area contributed by atoms with Crippen molar-refractivity contribution in [1.29, 1.82) is 5.26 Å². The molecular weight excluding hydrogens is 404 g/mol. The molecule has 0 saturated heterocycles. The molecular formula is C22H34N10. The summed E-state index contributed by atoms with van der Waals surface area (Å²) in [6, 6.07) is 4.86. The van der Waals surface area contributed by atoms with Crippen LogP contribution >= 0.6 is 0 Å². The first-order valence-electron chi connectivity index (χ1n) is 11.5. The third kappa shape index (κ3) is 5.11. The van der Waals surface area contributed by atoms with E-state index in [-0.39, 0.29) is 12.2 Å². The second-order valence-electron chi connectivity index (χ2n) is 9.09. The second kappa shape index (κ2) is 9.71. The standard InChI is InChI=1S/C22H34N10/c1-14-6-7-17(24-9-5-8-23)12-18(10-14)26-21-22-25-16(3)31(4)32(22)13-20(28-21)27-19-11-15(2)29-30-19/h11,13-14,16-18,24H,5-7,9-10,12H2,1-4H3,(H,26,28)(H2,27,29,30). The van der Waals surface area contributed by atoms with Crippen LogP contribution in [-0.4, -0.2) is 63.7 Å². The van der Waals surface area contributed by atoms with Gasteiger partial charge in [0.1, 0.15) is 6.17 Å². The summed E-state index contributed by atoms with van der Waals surface area (Å²) in [7, 11) is 2.03. The number of amidine groups is 2. The first-order chi connectivity index (χ1) is 15.4. The maximum Gasteiger partial charge on any atom is 0.187 e. The van der Waals surface area contributed by atoms with Gasteiger partial charge in [0.2, 0.25) is 0 Å². The Labute approximate surface area is 189 Å². The number of hydrazine groups is 1. The van der Waals surface area contributed by atoms with Gasteiger partial charge in [0.05, 0.1) is 12.3 Å². The van der Waals surface area contributed by atoms with Gasteiger partial charge in [-0.1, -0.05) is 6.92 Å². The third-order valence-corrected chi connectivity index (χ3v) is 6.33. The molecule has 0 bridgehead atoms. The lowest BCUT2D eigenvalue weighted by atomic mass is 10.0. The first kappa shape index (κ1) is 22.3. The van der Waals surface area contributed by atoms with Crippen molar-refractivity contribution >= 4 is 17.5 Å². The van der Waals surface area contributed by atoms with E-state index in [9.17, 15) is 0 Å². The molecule has 1 aromatic rings. The smallest absolute Gasteiger partial charge is 0.187 e. The molecule has 0 radical (unpaired) electrons. The minimum absolute atomic E-state index is 0.0358. The van der Waals surface area contributed by atoms with E-state index in [0.717, 1.165) is 49.0 Å². The van der Waals surface area contributed by atoms with Crippen molar-refractivity contribution in [3.05, 3.63) is 23.8 Å². The predicted molar refractivity (Wildman–Crippen MR) is 126 cm³/mol. The van der Waals surface area contributed by atoms with Crippen LogP contribution in [0.3, 0.4) is 0 Å². The molecule has 1 aliphatic carbocycles. The third-order valence-electron chi connectivity index (χ3n) is 6.33. The molecule has 2 aliphatic heterocycles. The van der Waals surface area contributed by atoms with Crippen LogP contribution in [0.15, 0.2) is 28.1 Å². The fourth-order valence-electron chi connectivity index (χ4n) is 4.53. The number of nitriles is 1. The number of aromatic amines is 1. The van der Waals surface area contributed by atoms with E-state index >= 15 is 0 Å². The van der Waals surface area contributed by atoms with E-state index in [1.807, 2.05) is 31.2 Å². The molecule has 0 spiro atoms. The molecule has 10 nitrogen and oxygen atoms in total. The Balaban J connectivity index is 1.53. The SMILES string of the molecule is Cc1cc(NC2=CN3C(=NC(C)N3C)C(NC3CC(C)CCC(NCCC#N)C3)=N2)n[nH]1. The number of anilines is 1. The van der Waals surface area contributed by atoms with Gasteiger partial charge >= 0.3 is 0 Å². The summed E-state index contributed by atoms with van der Waals surface area (Å²) in [6.45, 7) is 7.10. The predicted octanol–water partition coefficient (Wildman–Crippen LogP) is 2.29. The monoisotopic (exact) mass is 438 g/mol. The van der Waals surface area contributed by atoms with E-state index < -0.39 is 0 Å². The lowest BCUT2D eigenvalue weighted by molar-refractivity contribution is 0.112. The molecule has 3 heterocycles. The minimum Gasteiger partial charge on any atom is -0.364 e. The normalized spacial score (nSPS) is 28.2. The summed E-state index contributed by atoms with van der Waals surface area (Å²) >= 11 is 0. The number of nitrogens with one attached hydrogen (secondary N) is 4. The van der Waals surface area contributed by atoms with E-state index in [4.69, 9.17) is 15.2 Å². The highest BCUT2D eigenvalue weighted by Gasteiger charge is 2.35. The maximum absolute atomic E-state index is 8.87. The molecule has 1 fully saturated rings. The Morgan fingerprint density at radius 3 is 2.84 bits per heavy atom. The van der Waals surface area contributed by atoms with Crippen LogP contribution in [0.5, 0.6) is 0 Å². The first-order valence-corrected chi connectivity index (χ1v) is 11.5. The topological polar surface area (TPSA) is 120 Å². The fraction of sp³-hybridized carbons (Fsp3) is 0.636. The van der Waals surface area contributed by atoms with Crippen molar-refractivity contribution in [2.75, 3.05) is 18.9 Å². The van der Waals surface area contributed by atoms with Crippen LogP contribution in [0.1, 0.15) is 51.6 Å². The average molecular weight is 439 g/mol. The van der Waals surface area contributed by atoms with Crippen molar-refractivity contribution in [2.45, 2.75) is 71.1 Å². The lowest BCUT2D eigenvalue weighted by Crippen LogP contribution is -2.50. The molecule has 1 aromatic heterocycles. The molecule has 10 heteroatoms. The molecule has 0 amide bonds. The van der Waals surface area contributed by atoms with Gasteiger partial charge in [-0.05, 0) is 45.4 Å². The number of hydrogen-bond donors (Lipinski definition) is 4. The fourth-order valence-corrected chi connectivity index (χ4v) is 4.53. The van der Waals surface area contributed by atoms with Crippen molar-refractivity contribution in [3.8, 4) is 6.07 Å². The number of aryl methyl sites for hydroxylation is 1. The van der Waals surface area contributed by atoms with Crippen molar-refractivity contribution in [2.24, 2.45) is 15.9 Å². The lowest BCUT2D eigenvalue weighted by Gasteiger charge is -2.31. The van der Waals surface area contributed by atoms with Gasteiger partial charge in [-0.2, -0.15) is 15.4 Å². The number of hydrogen-bond acceptors (Lipinski definition) is 9. The second-order valence-corrected chi connectivity index (χ2v) is 9.09. The number of H-pyrrole nitrogens is 1. The molecule has 4 N–H and O–H groups in total. The van der Waals surface area contributed by atoms with Crippen LogP contribution in [0.25, 0.3) is 0 Å². The Bertz CT molecular complexity index is 939. The van der Waals surface area contributed by atoms with Crippen LogP contribution in [0.4, 0.5) is 5.82 Å². The van der Waals surface area contributed by atoms with Gasteiger partial charge in [0.25, 0.3) is 0 Å². The van der Waals surface area contributed by atoms with Gasteiger partial charge in [-0.3, -0.25) is 10.1 Å². The molecule has 172 valence electrons. The number of nitrogens with zero attached hydrogens (tertiary/aromatic N) is 6. The van der Waals surface area contributed by atoms with Gasteiger partial charge in [0.15, 0.2) is 23.3 Å². The largest absolute Gasteiger partial charge is 0.364 e. The Hall–Kier alpha value is -2.90. The Kier molecular flexibility index (Phi) is 6.77. The summed E-state index contributed by atoms with van der Waals surface area (Å²) < 4.78 is 0. The zero-order valence-corrected chi connectivity index (χ0v) is 19.4. The van der Waals surface area contributed by atoms with Gasteiger partial charge in [-0.25, -0.2) is 9.98 Å². The summed E-state index contributed by atoms with van der Waals surface area (Å²) in [5.74, 6) is 3.70. The molecule has 4 unspecified atom stereocenters. The zero-order chi connectivity index (χ0) is 22.7. The molecule has 1 saturated carbocycles. The van der Waals surface area contributed by atoms with Gasteiger partial charge in [-0.15, -0.1) is 0 Å². The quantitative estimate of drug-likeness (QED) is 0.397. The van der Waals surface area contributed by atoms with Gasteiger partial charge < -0.3 is 16.0 Å². The number of aromatic nitrogens is 2. The van der Waals surface area contributed by atoms with Crippen LogP contribution in [0, 0.1) is 24.2 Å². The van der Waals surface area contributed by atoms with Crippen LogP contribution < -0.4 is 16.0 Å². The summed E-state index contributed by atoms with van der Waals surface area (Å²) in [6.07, 6.45) is 6.94. The van der Waals surface area contributed by atoms with Crippen molar-refractivity contribution in [3.63, 3.8) is 0 Å². The molecule has 32 heavy (non-hydrogen) atoms. The van der Waals surface area contributed by atoms with Crippen molar-refractivity contribution in [1.82, 2.24) is 30.8 Å². The summed E-state index contributed by atoms with van der Waals surface area (Å²) in [5, 5.41) is 30.8. The van der Waals surface area contributed by atoms with Crippen LogP contribution in [0.2, 0.25) is 0 Å². The van der Waals surface area contributed by atoms with E-state index in [2.05, 4.69) is 51.1 Å². The van der Waals surface area contributed by atoms with E-state index in [1.165, 1.54) is 6.42 Å². The molecule has 0 aromatic carbocycles. The van der Waals surface area contributed by atoms with Crippen molar-refractivity contribution < 1.29 is 0 Å². The minimum atomic E-state index is 0.0358. The highest BCUT2D eigenvalue weighted by atomic mass is 15.7. The highest BCUT2D eigenvalue weighted by molar-refractivity contribution is 6.41. The number of aliphatic imine (C=N–C) groups is 2. The summed E-state index contributed by atoms with van der Waals surface area (Å²) in [5.41, 5.74) is 0.989. The maximum atomic E-state index is 8.87. The number of rotatable bonds is 6. The highest BCUT2D eigenvalue weighted by Crippen LogP contribution is 2.26. The molecule has 3 aliphatic rings.